The van der Waals surface area contributed by atoms with Crippen molar-refractivity contribution in [2.45, 2.75) is 317 Å². The third kappa shape index (κ3) is 55.3. The minimum absolute atomic E-state index is 0.102. The van der Waals surface area contributed by atoms with Crippen molar-refractivity contribution in [3.05, 3.63) is 0 Å². The van der Waals surface area contributed by atoms with Gasteiger partial charge in [-0.2, -0.15) is 0 Å². The van der Waals surface area contributed by atoms with Crippen LogP contribution in [0, 0.1) is 11.8 Å². The van der Waals surface area contributed by atoms with Crippen LogP contribution < -0.4 is 0 Å². The second-order valence-electron chi connectivity index (χ2n) is 23.0. The summed E-state index contributed by atoms with van der Waals surface area (Å²) in [4.78, 5) is 71.9. The Morgan fingerprint density at radius 3 is 0.850 bits per heavy atom. The molecule has 0 aliphatic carbocycles. The first-order valence-electron chi connectivity index (χ1n) is 32.0. The maximum atomic E-state index is 12.9. The molecule has 0 aliphatic heterocycles. The summed E-state index contributed by atoms with van der Waals surface area (Å²) in [6.07, 6.45) is 35.1. The Kier molecular flexibility index (Phi) is 52.5. The summed E-state index contributed by atoms with van der Waals surface area (Å²) in [5.41, 5.74) is 0. The predicted octanol–water partition coefficient (Wildman–Crippen LogP) is 16.5. The highest BCUT2D eigenvalue weighted by Gasteiger charge is 2.30. The second-order valence-corrected chi connectivity index (χ2v) is 25.9. The standard InChI is InChI=1S/C61H118O17P2/c1-7-9-11-13-15-16-21-25-32-38-44-59(64)72-50-56(77-60(65)45-39-33-26-22-19-17-18-20-24-29-35-41-53(3)4)51-75-79(67,68)73-47-55(62)48-74-80(69,70)76-52-57(49-71-58(63)43-37-31-23-14-12-10-8-2)78-61(66)46-40-34-28-27-30-36-42-54(5)6/h53-57,62H,7-52H2,1-6H3,(H,67,68)(H,69,70)/t55-,56-,57-/m1/s1. The van der Waals surface area contributed by atoms with Gasteiger partial charge in [-0.05, 0) is 37.5 Å². The van der Waals surface area contributed by atoms with Crippen LogP contribution in [-0.4, -0.2) is 96.7 Å². The first-order valence-corrected chi connectivity index (χ1v) is 35.0. The van der Waals surface area contributed by atoms with Crippen molar-refractivity contribution in [3.8, 4) is 0 Å². The number of ether oxygens (including phenoxy) is 4. The van der Waals surface area contributed by atoms with E-state index < -0.39 is 97.5 Å². The van der Waals surface area contributed by atoms with E-state index in [1.807, 2.05) is 0 Å². The molecule has 0 heterocycles. The van der Waals surface area contributed by atoms with Crippen molar-refractivity contribution < 1.29 is 80.2 Å². The van der Waals surface area contributed by atoms with Gasteiger partial charge in [-0.25, -0.2) is 9.13 Å². The zero-order chi connectivity index (χ0) is 59.4. The molecule has 474 valence electrons. The number of hydrogen-bond donors (Lipinski definition) is 3. The number of carbonyl (C=O) groups excluding carboxylic acids is 4. The molecule has 0 radical (unpaired) electrons. The van der Waals surface area contributed by atoms with Crippen LogP contribution in [0.3, 0.4) is 0 Å². The smallest absolute Gasteiger partial charge is 0.462 e. The summed E-state index contributed by atoms with van der Waals surface area (Å²) >= 11 is 0. The van der Waals surface area contributed by atoms with Crippen molar-refractivity contribution >= 4 is 39.5 Å². The first kappa shape index (κ1) is 78.1. The minimum atomic E-state index is -4.94. The molecule has 80 heavy (non-hydrogen) atoms. The molecule has 0 spiro atoms. The van der Waals surface area contributed by atoms with E-state index in [1.165, 1.54) is 103 Å². The molecule has 0 aromatic carbocycles. The molecule has 17 nitrogen and oxygen atoms in total. The van der Waals surface area contributed by atoms with Gasteiger partial charge in [-0.3, -0.25) is 37.3 Å². The molecular weight excluding hydrogens is 1070 g/mol. The lowest BCUT2D eigenvalue weighted by Crippen LogP contribution is -2.30. The summed E-state index contributed by atoms with van der Waals surface area (Å²) in [6.45, 7) is 9.33. The summed E-state index contributed by atoms with van der Waals surface area (Å²) in [7, 11) is -9.87. The van der Waals surface area contributed by atoms with Crippen LogP contribution in [0.1, 0.15) is 298 Å². The highest BCUT2D eigenvalue weighted by Crippen LogP contribution is 2.45. The van der Waals surface area contributed by atoms with Crippen molar-refractivity contribution in [1.82, 2.24) is 0 Å². The average Bonchev–Trinajstić information content (AvgIpc) is 3.41. The van der Waals surface area contributed by atoms with Gasteiger partial charge in [0.25, 0.3) is 0 Å². The fourth-order valence-corrected chi connectivity index (χ4v) is 10.6. The highest BCUT2D eigenvalue weighted by molar-refractivity contribution is 7.47. The van der Waals surface area contributed by atoms with Gasteiger partial charge in [0.1, 0.15) is 19.3 Å². The Hall–Kier alpha value is -1.94. The third-order valence-corrected chi connectivity index (χ3v) is 15.9. The Morgan fingerprint density at radius 2 is 0.575 bits per heavy atom. The molecule has 0 aromatic heterocycles. The molecule has 0 fully saturated rings. The van der Waals surface area contributed by atoms with E-state index in [0.29, 0.717) is 31.6 Å². The van der Waals surface area contributed by atoms with Gasteiger partial charge < -0.3 is 33.8 Å². The fourth-order valence-electron chi connectivity index (χ4n) is 9.00. The average molecular weight is 1190 g/mol. The van der Waals surface area contributed by atoms with Crippen LogP contribution >= 0.6 is 15.6 Å². The highest BCUT2D eigenvalue weighted by atomic mass is 31.2. The first-order chi connectivity index (χ1) is 38.4. The number of carbonyl (C=O) groups is 4. The van der Waals surface area contributed by atoms with Crippen molar-refractivity contribution in [1.29, 1.82) is 0 Å². The molecule has 2 unspecified atom stereocenters. The fraction of sp³-hybridized carbons (Fsp3) is 0.934. The van der Waals surface area contributed by atoms with Gasteiger partial charge in [0.2, 0.25) is 0 Å². The number of aliphatic hydroxyl groups is 1. The quantitative estimate of drug-likeness (QED) is 0.0222. The van der Waals surface area contributed by atoms with Crippen molar-refractivity contribution in [2.24, 2.45) is 11.8 Å². The lowest BCUT2D eigenvalue weighted by Gasteiger charge is -2.21. The number of hydrogen-bond acceptors (Lipinski definition) is 15. The molecule has 19 heteroatoms. The number of aliphatic hydroxyl groups excluding tert-OH is 1. The summed E-state index contributed by atoms with van der Waals surface area (Å²) < 4.78 is 67.7. The normalized spacial score (nSPS) is 14.4. The van der Waals surface area contributed by atoms with Crippen molar-refractivity contribution in [2.75, 3.05) is 39.6 Å². The second kappa shape index (κ2) is 53.8. The Balaban J connectivity index is 5.21. The van der Waals surface area contributed by atoms with Gasteiger partial charge >= 0.3 is 39.5 Å². The van der Waals surface area contributed by atoms with E-state index in [-0.39, 0.29) is 25.7 Å². The van der Waals surface area contributed by atoms with E-state index in [2.05, 4.69) is 41.5 Å². The van der Waals surface area contributed by atoms with E-state index >= 15 is 0 Å². The zero-order valence-corrected chi connectivity index (χ0v) is 53.2. The van der Waals surface area contributed by atoms with E-state index in [4.69, 9.17) is 37.0 Å². The van der Waals surface area contributed by atoms with Gasteiger partial charge in [0, 0.05) is 25.7 Å². The molecule has 0 rings (SSSR count). The van der Waals surface area contributed by atoms with Crippen LogP contribution in [-0.2, 0) is 65.4 Å². The number of esters is 4. The van der Waals surface area contributed by atoms with Crippen LogP contribution in [0.4, 0.5) is 0 Å². The molecule has 3 N–H and O–H groups in total. The number of unbranched alkanes of at least 4 members (excludes halogenated alkanes) is 30. The van der Waals surface area contributed by atoms with Gasteiger partial charge in [0.05, 0.1) is 26.4 Å². The Bertz CT molecular complexity index is 1580. The van der Waals surface area contributed by atoms with Gasteiger partial charge in [-0.15, -0.1) is 0 Å². The molecule has 0 aromatic rings. The molecule has 5 atom stereocenters. The summed E-state index contributed by atoms with van der Waals surface area (Å²) in [6, 6.07) is 0. The SMILES string of the molecule is CCCCCCCCCCCCC(=O)OC[C@H](COP(=O)(O)OC[C@@H](O)COP(=O)(O)OC[C@@H](COC(=O)CCCCCCCCC)OC(=O)CCCCCCCCC(C)C)OC(=O)CCCCCCCCCCCCCC(C)C. The van der Waals surface area contributed by atoms with E-state index in [0.717, 1.165) is 109 Å². The Labute approximate surface area is 486 Å². The molecule has 0 aliphatic rings. The maximum absolute atomic E-state index is 12.9. The zero-order valence-electron chi connectivity index (χ0n) is 51.4. The van der Waals surface area contributed by atoms with Crippen molar-refractivity contribution in [3.63, 3.8) is 0 Å². The Morgan fingerprint density at radius 1 is 0.338 bits per heavy atom. The lowest BCUT2D eigenvalue weighted by atomic mass is 10.0. The van der Waals surface area contributed by atoms with E-state index in [9.17, 15) is 43.2 Å². The molecule has 0 saturated carbocycles. The molecule has 0 bridgehead atoms. The van der Waals surface area contributed by atoms with E-state index in [1.54, 1.807) is 0 Å². The number of phosphoric ester groups is 2. The molecule has 0 amide bonds. The minimum Gasteiger partial charge on any atom is -0.462 e. The van der Waals surface area contributed by atoms with Crippen LogP contribution in [0.5, 0.6) is 0 Å². The largest absolute Gasteiger partial charge is 0.472 e. The van der Waals surface area contributed by atoms with Crippen LogP contribution in [0.2, 0.25) is 0 Å². The van der Waals surface area contributed by atoms with Crippen LogP contribution in [0.15, 0.2) is 0 Å². The van der Waals surface area contributed by atoms with Gasteiger partial charge in [-0.1, -0.05) is 247 Å². The van der Waals surface area contributed by atoms with Gasteiger partial charge in [0.15, 0.2) is 12.2 Å². The lowest BCUT2D eigenvalue weighted by molar-refractivity contribution is -0.161. The summed E-state index contributed by atoms with van der Waals surface area (Å²) in [5.74, 6) is -0.711. The maximum Gasteiger partial charge on any atom is 0.472 e. The third-order valence-electron chi connectivity index (χ3n) is 14.0. The number of rotatable bonds is 60. The monoisotopic (exact) mass is 1180 g/mol. The van der Waals surface area contributed by atoms with Crippen LogP contribution in [0.25, 0.3) is 0 Å². The predicted molar refractivity (Wildman–Crippen MR) is 317 cm³/mol. The topological polar surface area (TPSA) is 237 Å². The molecular formula is C61H118O17P2. The summed E-state index contributed by atoms with van der Waals surface area (Å²) in [5, 5.41) is 10.5. The molecule has 0 saturated heterocycles. The number of phosphoric acid groups is 2.